The van der Waals surface area contributed by atoms with Gasteiger partial charge < -0.3 is 70.0 Å². The van der Waals surface area contributed by atoms with Crippen LogP contribution in [-0.2, 0) is 57.6 Å². The number of carbonyl (C=O) groups excluding carboxylic acids is 6. The first-order valence-corrected chi connectivity index (χ1v) is 33.9. The van der Waals surface area contributed by atoms with E-state index in [2.05, 4.69) is 64.3 Å². The summed E-state index contributed by atoms with van der Waals surface area (Å²) in [5, 5.41) is 8.78. The number of morpholine rings is 1. The normalized spacial score (nSPS) is 14.4. The molecule has 0 atom stereocenters. The number of piperidine rings is 1. The maximum atomic E-state index is 10.7. The van der Waals surface area contributed by atoms with Gasteiger partial charge in [0, 0.05) is 213 Å². The van der Waals surface area contributed by atoms with Crippen LogP contribution < -0.4 is 21.7 Å². The molecule has 27 nitrogen and oxygen atoms in total. The van der Waals surface area contributed by atoms with Gasteiger partial charge in [-0.3, -0.25) is 53.6 Å². The van der Waals surface area contributed by atoms with Crippen LogP contribution in [0.25, 0.3) is 0 Å². The predicted molar refractivity (Wildman–Crippen MR) is 376 cm³/mol. The summed E-state index contributed by atoms with van der Waals surface area (Å²) in [5.74, 6) is 2.15. The molecule has 5 heterocycles. The Labute approximate surface area is 552 Å². The summed E-state index contributed by atoms with van der Waals surface area (Å²) in [4.78, 5) is 92.2. The topological polar surface area (TPSA) is 308 Å². The van der Waals surface area contributed by atoms with E-state index in [1.807, 2.05) is 46.9 Å². The minimum atomic E-state index is -2.95. The van der Waals surface area contributed by atoms with Crippen LogP contribution in [-0.4, -0.2) is 328 Å². The van der Waals surface area contributed by atoms with E-state index in [0.717, 1.165) is 110 Å². The number of hydrogen-bond acceptors (Lipinski definition) is 20. The molecule has 5 aliphatic heterocycles. The second kappa shape index (κ2) is 67.7. The number of ether oxygens (including phenoxy) is 4. The summed E-state index contributed by atoms with van der Waals surface area (Å²) >= 11 is 0. The van der Waals surface area contributed by atoms with E-state index in [1.54, 1.807) is 77.9 Å². The number of nitrogens with two attached hydrogens (primary N) is 1. The van der Waals surface area contributed by atoms with Crippen molar-refractivity contribution in [1.29, 1.82) is 0 Å². The number of nitrogens with zero attached hydrogens (tertiary/aromatic N) is 11. The Balaban J connectivity index is -0.000000219. The Kier molecular flexibility index (Phi) is 72.0. The van der Waals surface area contributed by atoms with E-state index in [0.29, 0.717) is 45.3 Å². The fourth-order valence-corrected chi connectivity index (χ4v) is 7.31. The number of amidine groups is 2. The number of sulfone groups is 1. The highest BCUT2D eigenvalue weighted by Crippen LogP contribution is 2.08. The second-order valence-corrected chi connectivity index (χ2v) is 24.2. The Bertz CT molecular complexity index is 2010. The lowest BCUT2D eigenvalue weighted by Crippen LogP contribution is -2.39. The summed E-state index contributed by atoms with van der Waals surface area (Å²) in [6.07, 6.45) is 11.1. The van der Waals surface area contributed by atoms with Gasteiger partial charge >= 0.3 is 0 Å². The molecule has 0 spiro atoms. The molecule has 91 heavy (non-hydrogen) atoms. The first-order chi connectivity index (χ1) is 42.7. The summed E-state index contributed by atoms with van der Waals surface area (Å²) in [6, 6.07) is 0. The van der Waals surface area contributed by atoms with E-state index in [-0.39, 0.29) is 47.7 Å². The highest BCUT2D eigenvalue weighted by atomic mass is 32.2. The van der Waals surface area contributed by atoms with Gasteiger partial charge in [-0.2, -0.15) is 0 Å². The van der Waals surface area contributed by atoms with Gasteiger partial charge in [-0.05, 0) is 100 Å². The molecule has 2 fully saturated rings. The molecule has 0 unspecified atom stereocenters. The lowest BCUT2D eigenvalue weighted by atomic mass is 10.1. The van der Waals surface area contributed by atoms with Crippen LogP contribution in [0.5, 0.6) is 0 Å². The predicted octanol–water partition coefficient (Wildman–Crippen LogP) is 3.35. The van der Waals surface area contributed by atoms with E-state index in [9.17, 15) is 37.2 Å². The first kappa shape index (κ1) is 96.9. The number of rotatable bonds is 20. The van der Waals surface area contributed by atoms with Gasteiger partial charge in [-0.25, -0.2) is 8.42 Å². The van der Waals surface area contributed by atoms with Gasteiger partial charge in [0.15, 0.2) is 0 Å². The third kappa shape index (κ3) is 80.8. The highest BCUT2D eigenvalue weighted by molar-refractivity contribution is 7.90. The molecule has 0 radical (unpaired) electrons. The molecule has 2 saturated heterocycles. The molecule has 6 amide bonds. The minimum absolute atomic E-state index is 0.0120. The van der Waals surface area contributed by atoms with Gasteiger partial charge in [-0.1, -0.05) is 6.92 Å². The zero-order valence-corrected chi connectivity index (χ0v) is 62.0. The molecule has 0 aromatic carbocycles. The number of hydrogen-bond donors (Lipinski definition) is 4. The number of nitrogens with one attached hydrogen (secondary N) is 3. The van der Waals surface area contributed by atoms with Crippen LogP contribution in [0, 0.1) is 0 Å². The lowest BCUT2D eigenvalue weighted by molar-refractivity contribution is -0.130. The quantitative estimate of drug-likeness (QED) is 0.0772. The SMILES string of the molecule is CC(=O)N(C)CCN(C)C.CC(=O)N(C)CCS(C)(=O)=O.CC(=O)N1CCCCC1.CC1=NCCC1.CC1=NCCN1.CCC1=NCCC1.CCN=C(C)N.CNCCN1CCOCC1.COCCN(C)C(C)=O.COCCN(C)C(C)=O.COCCNC(C)=O. The number of amides is 6. The van der Waals surface area contributed by atoms with Crippen molar-refractivity contribution in [2.45, 2.75) is 128 Å². The highest BCUT2D eigenvalue weighted by Gasteiger charge is 2.12. The Morgan fingerprint density at radius 1 is 0.637 bits per heavy atom. The van der Waals surface area contributed by atoms with Crippen LogP contribution in [0.15, 0.2) is 20.0 Å². The largest absolute Gasteiger partial charge is 0.388 e. The van der Waals surface area contributed by atoms with Crippen molar-refractivity contribution in [2.75, 3.05) is 227 Å². The maximum absolute atomic E-state index is 10.7. The van der Waals surface area contributed by atoms with Gasteiger partial charge in [0.05, 0.1) is 57.0 Å². The van der Waals surface area contributed by atoms with Crippen molar-refractivity contribution in [2.24, 2.45) is 25.7 Å². The van der Waals surface area contributed by atoms with Crippen molar-refractivity contribution in [3.63, 3.8) is 0 Å². The van der Waals surface area contributed by atoms with E-state index >= 15 is 0 Å². The van der Waals surface area contributed by atoms with Gasteiger partial charge in [0.25, 0.3) is 0 Å². The van der Waals surface area contributed by atoms with Crippen molar-refractivity contribution >= 4 is 68.4 Å². The van der Waals surface area contributed by atoms with Gasteiger partial charge in [0.1, 0.15) is 9.84 Å². The lowest BCUT2D eigenvalue weighted by Gasteiger charge is -2.26. The molecule has 5 N–H and O–H groups in total. The standard InChI is InChI=1S/2C7H16N2O.C7H13NO.C6H13NO3S.2C6H13NO2.C6H11N.C5H11NO2.C5H9N.C4H8N2.C4H10N2/c1-8-2-3-9-4-6-10-7-5-9;1-7(10)9(4)6-5-8(2)3;1-7(9)8-5-3-2-4-6-8;1-6(8)7(2)4-5-11(3,9)10;2*1-6(8)7(2)4-5-9-3;1-2-6-4-3-5-7-6;1-5(7)6-3-4-8-2;1-5-3-2-4-6-5;1-4-5-2-3-6-4;1-3-6-4(2)5/h8H,2-7H2,1H3;5-6H2,1-4H3;2-6H2,1H3;4-5H2,1-3H3;2*4-5H2,1-3H3;2-5H2,1H3;3-4H2,1-2H3,(H,6,7);2-4H2,1H3;2-3H2,1H3,(H,5,6);3H2,1-2H3,(H2,5,6). The van der Waals surface area contributed by atoms with Crippen molar-refractivity contribution in [3.8, 4) is 0 Å². The van der Waals surface area contributed by atoms with Crippen LogP contribution >= 0.6 is 0 Å². The molecule has 0 bridgehead atoms. The number of likely N-dealkylation sites (N-methyl/N-ethyl adjacent to an activating group) is 5. The molecule has 0 aromatic rings. The molecule has 0 aliphatic carbocycles. The van der Waals surface area contributed by atoms with Crippen molar-refractivity contribution in [1.82, 2.24) is 50.2 Å². The maximum Gasteiger partial charge on any atom is 0.219 e. The molecule has 5 rings (SSSR count). The minimum Gasteiger partial charge on any atom is -0.388 e. The molecule has 5 aliphatic rings. The number of likely N-dealkylation sites (tertiary alicyclic amines) is 1. The zero-order chi connectivity index (χ0) is 71.0. The third-order valence-corrected chi connectivity index (χ3v) is 14.0. The average molecular weight is 1320 g/mol. The van der Waals surface area contributed by atoms with Crippen molar-refractivity contribution < 1.29 is 56.1 Å². The fourth-order valence-electron chi connectivity index (χ4n) is 6.71. The zero-order valence-electron chi connectivity index (χ0n) is 61.2. The van der Waals surface area contributed by atoms with Crippen LogP contribution in [0.1, 0.15) is 128 Å². The average Bonchev–Trinajstić information content (AvgIpc) is 4.52. The molecule has 538 valence electrons. The fraction of sp³-hybridized carbons (Fsp3) is 0.841. The molecule has 28 heteroatoms. The second-order valence-electron chi connectivity index (χ2n) is 21.9. The van der Waals surface area contributed by atoms with E-state index in [4.69, 9.17) is 19.9 Å². The number of aliphatic imine (C=N–C) groups is 4. The van der Waals surface area contributed by atoms with Crippen LogP contribution in [0.3, 0.4) is 0 Å². The molecule has 0 saturated carbocycles. The van der Waals surface area contributed by atoms with Crippen LogP contribution in [0.4, 0.5) is 0 Å². The van der Waals surface area contributed by atoms with Gasteiger partial charge in [0.2, 0.25) is 35.4 Å². The Morgan fingerprint density at radius 3 is 1.40 bits per heavy atom. The molecular weight excluding hydrogens is 1190 g/mol. The van der Waals surface area contributed by atoms with Crippen molar-refractivity contribution in [3.05, 3.63) is 0 Å². The summed E-state index contributed by atoms with van der Waals surface area (Å²) < 4.78 is 40.7. The van der Waals surface area contributed by atoms with E-state index in [1.165, 1.54) is 95.4 Å². The Hall–Kier alpha value is -5.23. The number of methoxy groups -OCH3 is 3. The molecular formula is C63H133N15O12S. The smallest absolute Gasteiger partial charge is 0.219 e. The summed E-state index contributed by atoms with van der Waals surface area (Å²) in [5.41, 5.74) is 7.90. The third-order valence-electron chi connectivity index (χ3n) is 13.0. The summed E-state index contributed by atoms with van der Waals surface area (Å²) in [6.45, 7) is 38.1. The molecule has 0 aromatic heterocycles. The number of carbonyl (C=O) groups is 6. The van der Waals surface area contributed by atoms with Gasteiger partial charge in [-0.15, -0.1) is 0 Å². The first-order valence-electron chi connectivity index (χ1n) is 31.9. The van der Waals surface area contributed by atoms with E-state index < -0.39 is 9.84 Å². The summed E-state index contributed by atoms with van der Waals surface area (Å²) in [7, 11) is 14.8. The monoisotopic (exact) mass is 1320 g/mol. The Morgan fingerprint density at radius 2 is 1.12 bits per heavy atom. The van der Waals surface area contributed by atoms with Crippen LogP contribution in [0.2, 0.25) is 0 Å².